The van der Waals surface area contributed by atoms with E-state index in [1.54, 1.807) is 12.1 Å². The van der Waals surface area contributed by atoms with Gasteiger partial charge < -0.3 is 15.2 Å². The molecule has 0 heterocycles. The molecular formula is C9H7INO3-. The standard InChI is InChI=1S/C9H8INO3/c10-5-8(12)11-7-4-2-1-3-6(7)9(13)14/h1-4H,5H2,(H,11,12)(H,13,14)/p-1. The highest BCUT2D eigenvalue weighted by Gasteiger charge is 2.04. The van der Waals surface area contributed by atoms with Crippen molar-refractivity contribution in [1.29, 1.82) is 0 Å². The minimum Gasteiger partial charge on any atom is -0.545 e. The number of hydrogen-bond donors (Lipinski definition) is 1. The molecule has 0 bridgehead atoms. The monoisotopic (exact) mass is 304 g/mol. The van der Waals surface area contributed by atoms with Gasteiger partial charge in [0.15, 0.2) is 0 Å². The number of benzene rings is 1. The SMILES string of the molecule is O=C(CI)Nc1ccccc1C(=O)[O-]. The number of hydrogen-bond acceptors (Lipinski definition) is 3. The molecule has 0 aromatic heterocycles. The molecule has 74 valence electrons. The highest BCUT2D eigenvalue weighted by Crippen LogP contribution is 2.13. The van der Waals surface area contributed by atoms with Crippen molar-refractivity contribution in [3.63, 3.8) is 0 Å². The van der Waals surface area contributed by atoms with Gasteiger partial charge in [-0.1, -0.05) is 40.8 Å². The number of anilines is 1. The molecule has 0 atom stereocenters. The van der Waals surface area contributed by atoms with E-state index in [9.17, 15) is 14.7 Å². The topological polar surface area (TPSA) is 69.2 Å². The van der Waals surface area contributed by atoms with Crippen LogP contribution in [0, 0.1) is 0 Å². The van der Waals surface area contributed by atoms with Gasteiger partial charge in [-0.3, -0.25) is 4.79 Å². The number of rotatable bonds is 3. The normalized spacial score (nSPS) is 9.50. The molecule has 0 aliphatic carbocycles. The molecule has 0 aliphatic rings. The van der Waals surface area contributed by atoms with Gasteiger partial charge in [-0.25, -0.2) is 0 Å². The third-order valence-electron chi connectivity index (χ3n) is 1.54. The molecule has 1 N–H and O–H groups in total. The second kappa shape index (κ2) is 4.94. The molecule has 0 saturated carbocycles. The summed E-state index contributed by atoms with van der Waals surface area (Å²) in [7, 11) is 0. The molecule has 5 heteroatoms. The average Bonchev–Trinajstić information content (AvgIpc) is 2.18. The van der Waals surface area contributed by atoms with E-state index in [2.05, 4.69) is 5.32 Å². The lowest BCUT2D eigenvalue weighted by molar-refractivity contribution is -0.254. The van der Waals surface area contributed by atoms with Crippen LogP contribution < -0.4 is 10.4 Å². The van der Waals surface area contributed by atoms with Crippen molar-refractivity contribution < 1.29 is 14.7 Å². The van der Waals surface area contributed by atoms with Gasteiger partial charge in [-0.2, -0.15) is 0 Å². The second-order valence-electron chi connectivity index (χ2n) is 2.51. The molecule has 0 aliphatic heterocycles. The summed E-state index contributed by atoms with van der Waals surface area (Å²) < 4.78 is 0.277. The minimum absolute atomic E-state index is 0.00861. The van der Waals surface area contributed by atoms with Gasteiger partial charge in [0.25, 0.3) is 0 Å². The van der Waals surface area contributed by atoms with Crippen LogP contribution >= 0.6 is 22.6 Å². The highest BCUT2D eigenvalue weighted by molar-refractivity contribution is 14.1. The zero-order valence-electron chi connectivity index (χ0n) is 7.12. The quantitative estimate of drug-likeness (QED) is 0.650. The Bertz CT molecular complexity index is 365. The summed E-state index contributed by atoms with van der Waals surface area (Å²) in [6.07, 6.45) is 0. The van der Waals surface area contributed by atoms with Crippen molar-refractivity contribution in [3.8, 4) is 0 Å². The summed E-state index contributed by atoms with van der Waals surface area (Å²) in [5.74, 6) is -1.53. The van der Waals surface area contributed by atoms with E-state index in [0.717, 1.165) is 0 Å². The van der Waals surface area contributed by atoms with Crippen LogP contribution in [-0.4, -0.2) is 16.3 Å². The van der Waals surface area contributed by atoms with Crippen LogP contribution in [0.4, 0.5) is 5.69 Å². The summed E-state index contributed by atoms with van der Waals surface area (Å²) in [4.78, 5) is 21.7. The van der Waals surface area contributed by atoms with E-state index in [0.29, 0.717) is 0 Å². The molecule has 0 saturated heterocycles. The molecule has 1 aromatic carbocycles. The first-order valence-electron chi connectivity index (χ1n) is 3.81. The summed E-state index contributed by atoms with van der Waals surface area (Å²) in [5, 5.41) is 13.1. The van der Waals surface area contributed by atoms with Crippen LogP contribution in [0.2, 0.25) is 0 Å². The first-order chi connectivity index (χ1) is 6.65. The van der Waals surface area contributed by atoms with Gasteiger partial charge in [-0.05, 0) is 6.07 Å². The van der Waals surface area contributed by atoms with E-state index >= 15 is 0 Å². The Morgan fingerprint density at radius 3 is 2.57 bits per heavy atom. The van der Waals surface area contributed by atoms with Crippen LogP contribution in [0.15, 0.2) is 24.3 Å². The average molecular weight is 304 g/mol. The Morgan fingerprint density at radius 2 is 2.00 bits per heavy atom. The molecule has 0 spiro atoms. The fourth-order valence-corrected chi connectivity index (χ4v) is 1.14. The van der Waals surface area contributed by atoms with Crippen LogP contribution in [0.3, 0.4) is 0 Å². The number of carboxylic acid groups (broad SMARTS) is 1. The molecule has 1 aromatic rings. The number of carbonyl (C=O) groups is 2. The Balaban J connectivity index is 2.95. The zero-order chi connectivity index (χ0) is 10.6. The number of carbonyl (C=O) groups excluding carboxylic acids is 2. The lowest BCUT2D eigenvalue weighted by Gasteiger charge is -2.10. The summed E-state index contributed by atoms with van der Waals surface area (Å²) in [6.45, 7) is 0. The first-order valence-corrected chi connectivity index (χ1v) is 5.34. The minimum atomic E-state index is -1.30. The fraction of sp³-hybridized carbons (Fsp3) is 0.111. The number of amides is 1. The maximum absolute atomic E-state index is 11.0. The van der Waals surface area contributed by atoms with Crippen LogP contribution in [-0.2, 0) is 4.79 Å². The number of carboxylic acids is 1. The number of nitrogens with one attached hydrogen (secondary N) is 1. The van der Waals surface area contributed by atoms with Crippen molar-refractivity contribution in [2.45, 2.75) is 0 Å². The Morgan fingerprint density at radius 1 is 1.36 bits per heavy atom. The first kappa shape index (κ1) is 11.0. The Labute approximate surface area is 94.5 Å². The number of aromatic carboxylic acids is 1. The second-order valence-corrected chi connectivity index (χ2v) is 3.28. The summed E-state index contributed by atoms with van der Waals surface area (Å²) in [5.41, 5.74) is 0.264. The van der Waals surface area contributed by atoms with Crippen molar-refractivity contribution in [2.24, 2.45) is 0 Å². The maximum atomic E-state index is 11.0. The molecule has 0 fully saturated rings. The molecule has 4 nitrogen and oxygen atoms in total. The summed E-state index contributed by atoms with van der Waals surface area (Å²) in [6, 6.07) is 6.13. The Hall–Kier alpha value is -1.11. The van der Waals surface area contributed by atoms with E-state index < -0.39 is 5.97 Å². The third kappa shape index (κ3) is 2.69. The molecular weight excluding hydrogens is 297 g/mol. The van der Waals surface area contributed by atoms with Gasteiger partial charge in [-0.15, -0.1) is 0 Å². The smallest absolute Gasteiger partial charge is 0.234 e. The predicted molar refractivity (Wildman–Crippen MR) is 58.3 cm³/mol. The maximum Gasteiger partial charge on any atom is 0.234 e. The van der Waals surface area contributed by atoms with Gasteiger partial charge >= 0.3 is 0 Å². The zero-order valence-corrected chi connectivity index (χ0v) is 9.28. The molecule has 0 unspecified atom stereocenters. The lowest BCUT2D eigenvalue weighted by atomic mass is 10.2. The van der Waals surface area contributed by atoms with Gasteiger partial charge in [0, 0.05) is 11.3 Å². The molecule has 1 rings (SSSR count). The van der Waals surface area contributed by atoms with Gasteiger partial charge in [0.1, 0.15) is 0 Å². The van der Waals surface area contributed by atoms with Crippen molar-refractivity contribution in [1.82, 2.24) is 0 Å². The number of halogens is 1. The predicted octanol–water partition coefficient (Wildman–Crippen LogP) is 0.424. The van der Waals surface area contributed by atoms with E-state index in [1.807, 2.05) is 22.6 Å². The fourth-order valence-electron chi connectivity index (χ4n) is 0.954. The number of para-hydroxylation sites is 1. The van der Waals surface area contributed by atoms with Crippen molar-refractivity contribution in [3.05, 3.63) is 29.8 Å². The van der Waals surface area contributed by atoms with E-state index in [-0.39, 0.29) is 21.6 Å². The molecule has 1 amide bonds. The summed E-state index contributed by atoms with van der Waals surface area (Å²) >= 11 is 1.89. The van der Waals surface area contributed by atoms with Gasteiger partial charge in [0.2, 0.25) is 5.91 Å². The van der Waals surface area contributed by atoms with E-state index in [4.69, 9.17) is 0 Å². The highest BCUT2D eigenvalue weighted by atomic mass is 127. The van der Waals surface area contributed by atoms with E-state index in [1.165, 1.54) is 12.1 Å². The number of alkyl halides is 1. The molecule has 0 radical (unpaired) electrons. The largest absolute Gasteiger partial charge is 0.545 e. The van der Waals surface area contributed by atoms with Crippen LogP contribution in [0.5, 0.6) is 0 Å². The Kier molecular flexibility index (Phi) is 3.87. The van der Waals surface area contributed by atoms with Gasteiger partial charge in [0.05, 0.1) is 10.4 Å². The van der Waals surface area contributed by atoms with Crippen molar-refractivity contribution >= 4 is 40.2 Å². The third-order valence-corrected chi connectivity index (χ3v) is 2.24. The van der Waals surface area contributed by atoms with Crippen molar-refractivity contribution in [2.75, 3.05) is 9.74 Å². The lowest BCUT2D eigenvalue weighted by Crippen LogP contribution is -2.25. The molecule has 14 heavy (non-hydrogen) atoms. The van der Waals surface area contributed by atoms with Crippen LogP contribution in [0.1, 0.15) is 10.4 Å². The van der Waals surface area contributed by atoms with Crippen LogP contribution in [0.25, 0.3) is 0 Å².